The molecule has 2 aromatic rings. The number of halogens is 1. The summed E-state index contributed by atoms with van der Waals surface area (Å²) < 4.78 is 13.4. The molecule has 0 saturated carbocycles. The Morgan fingerprint density at radius 3 is 2.67 bits per heavy atom. The third-order valence-corrected chi connectivity index (χ3v) is 5.46. The number of rotatable bonds is 7. The summed E-state index contributed by atoms with van der Waals surface area (Å²) in [6.45, 7) is 3.41. The molecule has 1 fully saturated rings. The van der Waals surface area contributed by atoms with Gasteiger partial charge in [0.25, 0.3) is 0 Å². The minimum Gasteiger partial charge on any atom is -0.352 e. The van der Waals surface area contributed by atoms with Crippen LogP contribution in [-0.2, 0) is 11.3 Å². The molecule has 6 nitrogen and oxygen atoms in total. The normalized spacial score (nSPS) is 18.7. The number of nitrogens with one attached hydrogen (secondary N) is 2. The Kier molecular flexibility index (Phi) is 7.76. The third-order valence-electron chi connectivity index (χ3n) is 5.46. The molecule has 2 atom stereocenters. The molecule has 3 amide bonds. The van der Waals surface area contributed by atoms with Crippen LogP contribution in [-0.4, -0.2) is 34.9 Å². The van der Waals surface area contributed by atoms with Crippen LogP contribution in [0.3, 0.4) is 0 Å². The second kappa shape index (κ2) is 10.7. The first-order chi connectivity index (χ1) is 14.6. The number of nitrogens with zero attached hydrogens (tertiary/aromatic N) is 2. The summed E-state index contributed by atoms with van der Waals surface area (Å²) in [5, 5.41) is 5.91. The number of pyridine rings is 1. The van der Waals surface area contributed by atoms with Crippen LogP contribution in [0.2, 0.25) is 0 Å². The fraction of sp³-hybridized carbons (Fsp3) is 0.435. The molecule has 2 heterocycles. The van der Waals surface area contributed by atoms with Gasteiger partial charge in [-0.3, -0.25) is 9.78 Å². The number of hydrogen-bond donors (Lipinski definition) is 2. The Bertz CT molecular complexity index is 829. The highest BCUT2D eigenvalue weighted by atomic mass is 19.1. The second-order valence-corrected chi connectivity index (χ2v) is 7.66. The number of aromatic nitrogens is 1. The first-order valence-electron chi connectivity index (χ1n) is 10.5. The van der Waals surface area contributed by atoms with Crippen LogP contribution in [0.1, 0.15) is 49.8 Å². The predicted molar refractivity (Wildman–Crippen MR) is 113 cm³/mol. The van der Waals surface area contributed by atoms with Gasteiger partial charge in [0, 0.05) is 32.0 Å². The predicted octanol–water partition coefficient (Wildman–Crippen LogP) is 3.80. The number of likely N-dealkylation sites (tertiary alicyclic amines) is 1. The number of urea groups is 1. The lowest BCUT2D eigenvalue weighted by Crippen LogP contribution is -2.50. The first-order valence-corrected chi connectivity index (χ1v) is 10.5. The van der Waals surface area contributed by atoms with E-state index < -0.39 is 0 Å². The first kappa shape index (κ1) is 21.7. The zero-order chi connectivity index (χ0) is 21.3. The maximum atomic E-state index is 13.4. The number of piperidine rings is 1. The fourth-order valence-corrected chi connectivity index (χ4v) is 3.75. The summed E-state index contributed by atoms with van der Waals surface area (Å²) in [4.78, 5) is 31.4. The molecule has 7 heteroatoms. The van der Waals surface area contributed by atoms with Gasteiger partial charge in [0.15, 0.2) is 0 Å². The van der Waals surface area contributed by atoms with Crippen LogP contribution in [0.25, 0.3) is 0 Å². The van der Waals surface area contributed by atoms with E-state index in [1.54, 1.807) is 29.4 Å². The smallest absolute Gasteiger partial charge is 0.317 e. The van der Waals surface area contributed by atoms with Gasteiger partial charge in [0.05, 0.1) is 12.0 Å². The maximum Gasteiger partial charge on any atom is 0.317 e. The molecule has 3 rings (SSSR count). The van der Waals surface area contributed by atoms with Crippen molar-refractivity contribution in [3.63, 3.8) is 0 Å². The van der Waals surface area contributed by atoms with Crippen molar-refractivity contribution in [1.82, 2.24) is 20.5 Å². The van der Waals surface area contributed by atoms with Gasteiger partial charge in [0.1, 0.15) is 5.82 Å². The van der Waals surface area contributed by atoms with E-state index in [0.717, 1.165) is 24.0 Å². The van der Waals surface area contributed by atoms with E-state index in [1.807, 2.05) is 12.1 Å². The highest BCUT2D eigenvalue weighted by Crippen LogP contribution is 2.33. The average molecular weight is 413 g/mol. The standard InChI is InChI=1S/C23H29FN4O2/c1-2-3-13-26-23(30)28-16-19(22(29)27-15-17-5-4-12-25-14-17)8-11-21(28)18-6-9-20(24)10-7-18/h4-7,9-10,12,14,19,21H,2-3,8,11,13,15-16H2,1H3,(H,26,30)(H,27,29). The molecule has 1 aliphatic heterocycles. The zero-order valence-electron chi connectivity index (χ0n) is 17.3. The van der Waals surface area contributed by atoms with E-state index in [9.17, 15) is 14.0 Å². The van der Waals surface area contributed by atoms with Gasteiger partial charge in [-0.1, -0.05) is 31.5 Å². The quantitative estimate of drug-likeness (QED) is 0.680. The van der Waals surface area contributed by atoms with Crippen molar-refractivity contribution in [3.05, 3.63) is 65.7 Å². The molecule has 30 heavy (non-hydrogen) atoms. The molecule has 160 valence electrons. The van der Waals surface area contributed by atoms with Crippen LogP contribution in [0, 0.1) is 11.7 Å². The van der Waals surface area contributed by atoms with Gasteiger partial charge in [-0.05, 0) is 48.6 Å². The summed E-state index contributed by atoms with van der Waals surface area (Å²) in [5.74, 6) is -0.653. The van der Waals surface area contributed by atoms with Crippen molar-refractivity contribution in [2.75, 3.05) is 13.1 Å². The van der Waals surface area contributed by atoms with Crippen LogP contribution >= 0.6 is 0 Å². The Morgan fingerprint density at radius 2 is 1.97 bits per heavy atom. The van der Waals surface area contributed by atoms with E-state index in [2.05, 4.69) is 22.5 Å². The maximum absolute atomic E-state index is 13.4. The Morgan fingerprint density at radius 1 is 1.17 bits per heavy atom. The number of amides is 3. The van der Waals surface area contributed by atoms with E-state index in [0.29, 0.717) is 32.5 Å². The van der Waals surface area contributed by atoms with Crippen molar-refractivity contribution in [2.24, 2.45) is 5.92 Å². The SMILES string of the molecule is CCCCNC(=O)N1CC(C(=O)NCc2cccnc2)CCC1c1ccc(F)cc1. The Labute approximate surface area is 176 Å². The molecule has 1 aromatic heterocycles. The van der Waals surface area contributed by atoms with Gasteiger partial charge in [0.2, 0.25) is 5.91 Å². The number of unbranched alkanes of at least 4 members (excludes halogenated alkanes) is 1. The van der Waals surface area contributed by atoms with Crippen LogP contribution in [0.15, 0.2) is 48.8 Å². The third kappa shape index (κ3) is 5.78. The van der Waals surface area contributed by atoms with Crippen molar-refractivity contribution in [1.29, 1.82) is 0 Å². The lowest BCUT2D eigenvalue weighted by Gasteiger charge is -2.39. The summed E-state index contributed by atoms with van der Waals surface area (Å²) in [5.41, 5.74) is 1.82. The molecule has 1 saturated heterocycles. The second-order valence-electron chi connectivity index (χ2n) is 7.66. The van der Waals surface area contributed by atoms with Gasteiger partial charge in [-0.15, -0.1) is 0 Å². The molecule has 1 aliphatic rings. The summed E-state index contributed by atoms with van der Waals surface area (Å²) in [6, 6.07) is 9.65. The van der Waals surface area contributed by atoms with Crippen molar-refractivity contribution < 1.29 is 14.0 Å². The number of carbonyl (C=O) groups excluding carboxylic acids is 2. The molecule has 0 spiro atoms. The van der Waals surface area contributed by atoms with Crippen molar-refractivity contribution >= 4 is 11.9 Å². The van der Waals surface area contributed by atoms with E-state index in [1.165, 1.54) is 12.1 Å². The fourth-order valence-electron chi connectivity index (χ4n) is 3.75. The molecule has 0 bridgehead atoms. The summed E-state index contributed by atoms with van der Waals surface area (Å²) in [7, 11) is 0. The Hall–Kier alpha value is -2.96. The van der Waals surface area contributed by atoms with Crippen molar-refractivity contribution in [2.45, 2.75) is 45.2 Å². The van der Waals surface area contributed by atoms with Crippen molar-refractivity contribution in [3.8, 4) is 0 Å². The molecular formula is C23H29FN4O2. The topological polar surface area (TPSA) is 74.3 Å². The highest BCUT2D eigenvalue weighted by molar-refractivity contribution is 5.81. The van der Waals surface area contributed by atoms with Gasteiger partial charge in [-0.25, -0.2) is 9.18 Å². The zero-order valence-corrected chi connectivity index (χ0v) is 17.3. The summed E-state index contributed by atoms with van der Waals surface area (Å²) >= 11 is 0. The molecular weight excluding hydrogens is 383 g/mol. The molecule has 1 aromatic carbocycles. The minimum atomic E-state index is -0.304. The van der Waals surface area contributed by atoms with Gasteiger partial charge >= 0.3 is 6.03 Å². The summed E-state index contributed by atoms with van der Waals surface area (Å²) in [6.07, 6.45) is 6.62. The van der Waals surface area contributed by atoms with Crippen LogP contribution < -0.4 is 10.6 Å². The molecule has 2 N–H and O–H groups in total. The van der Waals surface area contributed by atoms with Gasteiger partial charge < -0.3 is 15.5 Å². The van der Waals surface area contributed by atoms with Crippen LogP contribution in [0.4, 0.5) is 9.18 Å². The van der Waals surface area contributed by atoms with Crippen LogP contribution in [0.5, 0.6) is 0 Å². The highest BCUT2D eigenvalue weighted by Gasteiger charge is 2.35. The number of carbonyl (C=O) groups is 2. The average Bonchev–Trinajstić information content (AvgIpc) is 2.78. The largest absolute Gasteiger partial charge is 0.352 e. The molecule has 2 unspecified atom stereocenters. The lowest BCUT2D eigenvalue weighted by atomic mass is 9.88. The Balaban J connectivity index is 1.67. The van der Waals surface area contributed by atoms with E-state index >= 15 is 0 Å². The molecule has 0 radical (unpaired) electrons. The number of benzene rings is 1. The van der Waals surface area contributed by atoms with E-state index in [4.69, 9.17) is 0 Å². The minimum absolute atomic E-state index is 0.0669. The molecule has 0 aliphatic carbocycles. The van der Waals surface area contributed by atoms with Gasteiger partial charge in [-0.2, -0.15) is 0 Å². The monoisotopic (exact) mass is 412 g/mol. The number of hydrogen-bond acceptors (Lipinski definition) is 3. The lowest BCUT2D eigenvalue weighted by molar-refractivity contribution is -0.126. The van der Waals surface area contributed by atoms with E-state index in [-0.39, 0.29) is 29.7 Å².